The number of benzene rings is 1. The zero-order valence-electron chi connectivity index (χ0n) is 8.32. The molecule has 0 aliphatic carbocycles. The monoisotopic (exact) mass is 193 g/mol. The SMILES string of the molecule is COc1ccccc1[C@H]1CNCCO1. The van der Waals surface area contributed by atoms with E-state index in [4.69, 9.17) is 9.47 Å². The third-order valence-electron chi connectivity index (χ3n) is 2.41. The summed E-state index contributed by atoms with van der Waals surface area (Å²) in [6.45, 7) is 2.56. The molecule has 0 radical (unpaired) electrons. The van der Waals surface area contributed by atoms with Crippen molar-refractivity contribution in [3.05, 3.63) is 29.8 Å². The van der Waals surface area contributed by atoms with Crippen molar-refractivity contribution in [2.45, 2.75) is 6.10 Å². The van der Waals surface area contributed by atoms with E-state index in [2.05, 4.69) is 11.4 Å². The second-order valence-corrected chi connectivity index (χ2v) is 3.31. The van der Waals surface area contributed by atoms with Crippen molar-refractivity contribution in [1.82, 2.24) is 5.32 Å². The van der Waals surface area contributed by atoms with Crippen LogP contribution in [0.15, 0.2) is 24.3 Å². The van der Waals surface area contributed by atoms with Crippen molar-refractivity contribution < 1.29 is 9.47 Å². The lowest BCUT2D eigenvalue weighted by molar-refractivity contribution is 0.0263. The molecule has 2 rings (SSSR count). The van der Waals surface area contributed by atoms with Crippen molar-refractivity contribution in [1.29, 1.82) is 0 Å². The maximum Gasteiger partial charge on any atom is 0.124 e. The van der Waals surface area contributed by atoms with Gasteiger partial charge < -0.3 is 14.8 Å². The van der Waals surface area contributed by atoms with E-state index in [-0.39, 0.29) is 6.10 Å². The van der Waals surface area contributed by atoms with Gasteiger partial charge in [-0.15, -0.1) is 0 Å². The van der Waals surface area contributed by atoms with Crippen molar-refractivity contribution in [2.75, 3.05) is 26.8 Å². The Balaban J connectivity index is 2.20. The van der Waals surface area contributed by atoms with Crippen molar-refractivity contribution >= 4 is 0 Å². The molecule has 76 valence electrons. The van der Waals surface area contributed by atoms with E-state index >= 15 is 0 Å². The molecule has 0 spiro atoms. The van der Waals surface area contributed by atoms with Gasteiger partial charge >= 0.3 is 0 Å². The summed E-state index contributed by atoms with van der Waals surface area (Å²) in [7, 11) is 1.69. The zero-order chi connectivity index (χ0) is 9.80. The normalized spacial score (nSPS) is 21.9. The Kier molecular flexibility index (Phi) is 3.01. The van der Waals surface area contributed by atoms with Crippen LogP contribution in [0.1, 0.15) is 11.7 Å². The fraction of sp³-hybridized carbons (Fsp3) is 0.455. The van der Waals surface area contributed by atoms with Gasteiger partial charge in [-0.25, -0.2) is 0 Å². The zero-order valence-corrected chi connectivity index (χ0v) is 8.32. The smallest absolute Gasteiger partial charge is 0.124 e. The molecule has 3 nitrogen and oxygen atoms in total. The quantitative estimate of drug-likeness (QED) is 0.769. The van der Waals surface area contributed by atoms with Gasteiger partial charge in [-0.2, -0.15) is 0 Å². The molecule has 1 fully saturated rings. The van der Waals surface area contributed by atoms with E-state index in [1.54, 1.807) is 7.11 Å². The molecule has 0 saturated carbocycles. The minimum absolute atomic E-state index is 0.125. The minimum atomic E-state index is 0.125. The Hall–Kier alpha value is -1.06. The predicted molar refractivity (Wildman–Crippen MR) is 54.6 cm³/mol. The first kappa shape index (κ1) is 9.49. The summed E-state index contributed by atoms with van der Waals surface area (Å²) in [5.41, 5.74) is 1.13. The van der Waals surface area contributed by atoms with Crippen LogP contribution in [0, 0.1) is 0 Å². The highest BCUT2D eigenvalue weighted by molar-refractivity contribution is 5.35. The van der Waals surface area contributed by atoms with Crippen molar-refractivity contribution in [3.63, 3.8) is 0 Å². The van der Waals surface area contributed by atoms with Crippen molar-refractivity contribution in [2.24, 2.45) is 0 Å². The maximum atomic E-state index is 5.66. The fourth-order valence-electron chi connectivity index (χ4n) is 1.70. The largest absolute Gasteiger partial charge is 0.496 e. The Morgan fingerprint density at radius 1 is 1.43 bits per heavy atom. The molecule has 3 heteroatoms. The molecule has 1 N–H and O–H groups in total. The van der Waals surface area contributed by atoms with Gasteiger partial charge in [0.05, 0.1) is 19.8 Å². The third kappa shape index (κ3) is 1.89. The number of hydrogen-bond donors (Lipinski definition) is 1. The molecular weight excluding hydrogens is 178 g/mol. The Morgan fingerprint density at radius 2 is 2.29 bits per heavy atom. The predicted octanol–water partition coefficient (Wildman–Crippen LogP) is 1.36. The summed E-state index contributed by atoms with van der Waals surface area (Å²) < 4.78 is 11.0. The van der Waals surface area contributed by atoms with Crippen LogP contribution < -0.4 is 10.1 Å². The molecule has 1 aliphatic heterocycles. The molecule has 1 aliphatic rings. The second kappa shape index (κ2) is 4.44. The summed E-state index contributed by atoms with van der Waals surface area (Å²) in [6, 6.07) is 8.00. The van der Waals surface area contributed by atoms with Gasteiger partial charge in [-0.05, 0) is 6.07 Å². The first-order valence-electron chi connectivity index (χ1n) is 4.87. The van der Waals surface area contributed by atoms with E-state index in [0.717, 1.165) is 31.0 Å². The topological polar surface area (TPSA) is 30.5 Å². The van der Waals surface area contributed by atoms with Gasteiger partial charge in [-0.1, -0.05) is 18.2 Å². The Labute approximate surface area is 84.0 Å². The van der Waals surface area contributed by atoms with E-state index in [9.17, 15) is 0 Å². The number of nitrogens with one attached hydrogen (secondary N) is 1. The summed E-state index contributed by atoms with van der Waals surface area (Å²) in [5, 5.41) is 3.30. The van der Waals surface area contributed by atoms with Gasteiger partial charge in [0.2, 0.25) is 0 Å². The number of rotatable bonds is 2. The highest BCUT2D eigenvalue weighted by atomic mass is 16.5. The highest BCUT2D eigenvalue weighted by Crippen LogP contribution is 2.27. The van der Waals surface area contributed by atoms with Crippen LogP contribution in [0.2, 0.25) is 0 Å². The lowest BCUT2D eigenvalue weighted by atomic mass is 10.1. The fourth-order valence-corrected chi connectivity index (χ4v) is 1.70. The summed E-state index contributed by atoms with van der Waals surface area (Å²) in [5.74, 6) is 0.904. The first-order valence-corrected chi connectivity index (χ1v) is 4.87. The molecule has 1 atom stereocenters. The third-order valence-corrected chi connectivity index (χ3v) is 2.41. The Bertz CT molecular complexity index is 295. The number of ether oxygens (including phenoxy) is 2. The summed E-state index contributed by atoms with van der Waals surface area (Å²) in [4.78, 5) is 0. The highest BCUT2D eigenvalue weighted by Gasteiger charge is 2.18. The van der Waals surface area contributed by atoms with E-state index in [0.29, 0.717) is 0 Å². The molecule has 0 bridgehead atoms. The van der Waals surface area contributed by atoms with Crippen LogP contribution in [-0.2, 0) is 4.74 Å². The van der Waals surface area contributed by atoms with E-state index < -0.39 is 0 Å². The lowest BCUT2D eigenvalue weighted by Crippen LogP contribution is -2.33. The van der Waals surface area contributed by atoms with E-state index in [1.807, 2.05) is 18.2 Å². The first-order chi connectivity index (χ1) is 6.92. The van der Waals surface area contributed by atoms with Crippen LogP contribution in [0.3, 0.4) is 0 Å². The van der Waals surface area contributed by atoms with Crippen LogP contribution in [-0.4, -0.2) is 26.8 Å². The molecule has 1 aromatic carbocycles. The molecule has 1 saturated heterocycles. The average molecular weight is 193 g/mol. The van der Waals surface area contributed by atoms with Gasteiger partial charge in [0.1, 0.15) is 5.75 Å². The standard InChI is InChI=1S/C11H15NO2/c1-13-10-5-3-2-4-9(10)11-8-12-6-7-14-11/h2-5,11-12H,6-8H2,1H3/t11-/m1/s1. The molecule has 14 heavy (non-hydrogen) atoms. The molecule has 0 amide bonds. The molecule has 0 unspecified atom stereocenters. The van der Waals surface area contributed by atoms with Gasteiger partial charge in [0, 0.05) is 18.7 Å². The maximum absolute atomic E-state index is 5.66. The lowest BCUT2D eigenvalue weighted by Gasteiger charge is -2.25. The van der Waals surface area contributed by atoms with Gasteiger partial charge in [0.25, 0.3) is 0 Å². The number of methoxy groups -OCH3 is 1. The Morgan fingerprint density at radius 3 is 3.00 bits per heavy atom. The molecule has 0 aromatic heterocycles. The van der Waals surface area contributed by atoms with Crippen LogP contribution >= 0.6 is 0 Å². The number of hydrogen-bond acceptors (Lipinski definition) is 3. The number of morpholine rings is 1. The van der Waals surface area contributed by atoms with Crippen LogP contribution in [0.4, 0.5) is 0 Å². The van der Waals surface area contributed by atoms with Gasteiger partial charge in [-0.3, -0.25) is 0 Å². The average Bonchev–Trinajstić information content (AvgIpc) is 2.30. The van der Waals surface area contributed by atoms with E-state index in [1.165, 1.54) is 0 Å². The second-order valence-electron chi connectivity index (χ2n) is 3.31. The van der Waals surface area contributed by atoms with Crippen molar-refractivity contribution in [3.8, 4) is 5.75 Å². The van der Waals surface area contributed by atoms with Gasteiger partial charge in [0.15, 0.2) is 0 Å². The minimum Gasteiger partial charge on any atom is -0.496 e. The molecular formula is C11H15NO2. The summed E-state index contributed by atoms with van der Waals surface area (Å²) in [6.07, 6.45) is 0.125. The molecule has 1 heterocycles. The molecule has 1 aromatic rings. The van der Waals surface area contributed by atoms with Crippen LogP contribution in [0.25, 0.3) is 0 Å². The van der Waals surface area contributed by atoms with Crippen LogP contribution in [0.5, 0.6) is 5.75 Å². The number of para-hydroxylation sites is 1. The summed E-state index contributed by atoms with van der Waals surface area (Å²) >= 11 is 0.